The minimum absolute atomic E-state index is 0.0986. The van der Waals surface area contributed by atoms with Gasteiger partial charge in [0.2, 0.25) is 5.91 Å². The molecule has 0 bridgehead atoms. The number of ether oxygens (including phenoxy) is 1. The molecule has 0 aliphatic carbocycles. The molecule has 1 atom stereocenters. The maximum Gasteiger partial charge on any atom is 0.226 e. The molecule has 2 aliphatic heterocycles. The van der Waals surface area contributed by atoms with Gasteiger partial charge in [-0.05, 0) is 31.5 Å². The zero-order valence-corrected chi connectivity index (χ0v) is 15.3. The minimum atomic E-state index is 0.0986. The van der Waals surface area contributed by atoms with E-state index in [0.29, 0.717) is 12.5 Å². The van der Waals surface area contributed by atoms with Crippen molar-refractivity contribution in [3.05, 3.63) is 42.2 Å². The van der Waals surface area contributed by atoms with Crippen molar-refractivity contribution in [2.24, 2.45) is 5.92 Å². The molecular weight excluding hydrogens is 328 g/mol. The van der Waals surface area contributed by atoms with Gasteiger partial charge in [0.15, 0.2) is 0 Å². The third-order valence-corrected chi connectivity index (χ3v) is 5.40. The molecule has 26 heavy (non-hydrogen) atoms. The highest BCUT2D eigenvalue weighted by Gasteiger charge is 2.31. The maximum atomic E-state index is 13.0. The van der Waals surface area contributed by atoms with Crippen LogP contribution in [0.2, 0.25) is 0 Å². The fraction of sp³-hybridized carbons (Fsp3) is 0.500. The summed E-state index contributed by atoms with van der Waals surface area (Å²) in [6, 6.07) is 10.2. The quantitative estimate of drug-likeness (QED) is 0.845. The maximum absolute atomic E-state index is 13.0. The van der Waals surface area contributed by atoms with E-state index in [1.807, 2.05) is 47.0 Å². The van der Waals surface area contributed by atoms with Gasteiger partial charge in [-0.3, -0.25) is 9.48 Å². The summed E-state index contributed by atoms with van der Waals surface area (Å²) in [6.45, 7) is 6.75. The van der Waals surface area contributed by atoms with Crippen molar-refractivity contribution in [1.29, 1.82) is 0 Å². The fourth-order valence-electron chi connectivity index (χ4n) is 4.00. The molecule has 1 aromatic carbocycles. The molecule has 0 N–H and O–H groups in total. The van der Waals surface area contributed by atoms with Gasteiger partial charge in [-0.25, -0.2) is 0 Å². The van der Waals surface area contributed by atoms with Crippen molar-refractivity contribution in [3.63, 3.8) is 0 Å². The number of para-hydroxylation sites is 2. The Balaban J connectivity index is 1.37. The number of piperazine rings is 1. The molecule has 0 saturated carbocycles. The Morgan fingerprint density at radius 1 is 1.15 bits per heavy atom. The van der Waals surface area contributed by atoms with E-state index in [4.69, 9.17) is 4.74 Å². The number of rotatable bonds is 4. The van der Waals surface area contributed by atoms with Crippen LogP contribution in [0, 0.1) is 5.92 Å². The Bertz CT molecular complexity index is 765. The number of aryl methyl sites for hydroxylation is 1. The van der Waals surface area contributed by atoms with E-state index >= 15 is 0 Å². The first-order valence-electron chi connectivity index (χ1n) is 9.52. The lowest BCUT2D eigenvalue weighted by Gasteiger charge is -2.38. The summed E-state index contributed by atoms with van der Waals surface area (Å²) in [5.74, 6) is 1.33. The first-order valence-corrected chi connectivity index (χ1v) is 9.52. The predicted molar refractivity (Wildman–Crippen MR) is 100 cm³/mol. The van der Waals surface area contributed by atoms with Crippen LogP contribution < -0.4 is 9.64 Å². The second-order valence-corrected chi connectivity index (χ2v) is 6.95. The molecule has 2 aliphatic rings. The summed E-state index contributed by atoms with van der Waals surface area (Å²) in [6.07, 6.45) is 3.53. The summed E-state index contributed by atoms with van der Waals surface area (Å²) < 4.78 is 7.78. The lowest BCUT2D eigenvalue weighted by Crippen LogP contribution is -2.51. The molecule has 1 unspecified atom stereocenters. The molecule has 4 rings (SSSR count). The van der Waals surface area contributed by atoms with Crippen LogP contribution in [0.25, 0.3) is 0 Å². The number of fused-ring (bicyclic) bond motifs is 1. The van der Waals surface area contributed by atoms with Gasteiger partial charge in [0.25, 0.3) is 0 Å². The van der Waals surface area contributed by atoms with E-state index in [2.05, 4.69) is 16.1 Å². The van der Waals surface area contributed by atoms with Gasteiger partial charge in [0, 0.05) is 57.0 Å². The second-order valence-electron chi connectivity index (χ2n) is 6.95. The number of aromatic nitrogens is 2. The second kappa shape index (κ2) is 7.40. The van der Waals surface area contributed by atoms with Crippen molar-refractivity contribution in [2.45, 2.75) is 26.3 Å². The molecular formula is C20H26N4O2. The number of amides is 1. The van der Waals surface area contributed by atoms with Gasteiger partial charge >= 0.3 is 0 Å². The molecule has 1 fully saturated rings. The van der Waals surface area contributed by atoms with Gasteiger partial charge in [0.1, 0.15) is 5.75 Å². The molecule has 1 amide bonds. The summed E-state index contributed by atoms with van der Waals surface area (Å²) in [7, 11) is 0. The van der Waals surface area contributed by atoms with Crippen LogP contribution in [0.3, 0.4) is 0 Å². The lowest BCUT2D eigenvalue weighted by atomic mass is 9.94. The first-order chi connectivity index (χ1) is 12.8. The van der Waals surface area contributed by atoms with Crippen LogP contribution in [0.15, 0.2) is 36.5 Å². The predicted octanol–water partition coefficient (Wildman–Crippen LogP) is 2.19. The zero-order valence-electron chi connectivity index (χ0n) is 15.3. The molecule has 1 aromatic heterocycles. The SMILES string of the molecule is CCOc1ccccc1N1CCN(C(=O)C2CCn3nccc3C2)CC1. The van der Waals surface area contributed by atoms with E-state index < -0.39 is 0 Å². The van der Waals surface area contributed by atoms with E-state index in [0.717, 1.165) is 57.0 Å². The largest absolute Gasteiger partial charge is 0.492 e. The smallest absolute Gasteiger partial charge is 0.226 e. The molecule has 6 heteroatoms. The van der Waals surface area contributed by atoms with Crippen molar-refractivity contribution < 1.29 is 9.53 Å². The minimum Gasteiger partial charge on any atom is -0.492 e. The van der Waals surface area contributed by atoms with Gasteiger partial charge in [-0.1, -0.05) is 12.1 Å². The molecule has 2 aromatic rings. The van der Waals surface area contributed by atoms with E-state index in [9.17, 15) is 4.79 Å². The molecule has 138 valence electrons. The Labute approximate surface area is 154 Å². The average Bonchev–Trinajstić information content (AvgIpc) is 3.16. The summed E-state index contributed by atoms with van der Waals surface area (Å²) >= 11 is 0. The monoisotopic (exact) mass is 354 g/mol. The van der Waals surface area contributed by atoms with Crippen molar-refractivity contribution in [1.82, 2.24) is 14.7 Å². The van der Waals surface area contributed by atoms with Crippen LogP contribution in [0.5, 0.6) is 5.75 Å². The van der Waals surface area contributed by atoms with Gasteiger partial charge in [0.05, 0.1) is 12.3 Å². The highest BCUT2D eigenvalue weighted by Crippen LogP contribution is 2.29. The Hall–Kier alpha value is -2.50. The van der Waals surface area contributed by atoms with E-state index in [1.165, 1.54) is 5.69 Å². The Kier molecular flexibility index (Phi) is 4.82. The van der Waals surface area contributed by atoms with Crippen LogP contribution in [-0.2, 0) is 17.8 Å². The van der Waals surface area contributed by atoms with Crippen molar-refractivity contribution in [2.75, 3.05) is 37.7 Å². The topological polar surface area (TPSA) is 50.6 Å². The summed E-state index contributed by atoms with van der Waals surface area (Å²) in [5, 5.41) is 4.30. The third-order valence-electron chi connectivity index (χ3n) is 5.40. The highest BCUT2D eigenvalue weighted by molar-refractivity contribution is 5.79. The van der Waals surface area contributed by atoms with Gasteiger partial charge in [-0.2, -0.15) is 5.10 Å². The average molecular weight is 354 g/mol. The van der Waals surface area contributed by atoms with Crippen molar-refractivity contribution >= 4 is 11.6 Å². The molecule has 0 radical (unpaired) electrons. The van der Waals surface area contributed by atoms with Crippen LogP contribution in [0.1, 0.15) is 19.0 Å². The molecule has 3 heterocycles. The number of anilines is 1. The van der Waals surface area contributed by atoms with E-state index in [-0.39, 0.29) is 5.92 Å². The van der Waals surface area contributed by atoms with Gasteiger partial charge < -0.3 is 14.5 Å². The lowest BCUT2D eigenvalue weighted by molar-refractivity contribution is -0.136. The third kappa shape index (κ3) is 3.28. The number of benzene rings is 1. The number of carbonyl (C=O) groups is 1. The Morgan fingerprint density at radius 3 is 2.77 bits per heavy atom. The van der Waals surface area contributed by atoms with Crippen LogP contribution in [0.4, 0.5) is 5.69 Å². The highest BCUT2D eigenvalue weighted by atomic mass is 16.5. The number of carbonyl (C=O) groups excluding carboxylic acids is 1. The van der Waals surface area contributed by atoms with Gasteiger partial charge in [-0.15, -0.1) is 0 Å². The fourth-order valence-corrected chi connectivity index (χ4v) is 4.00. The van der Waals surface area contributed by atoms with E-state index in [1.54, 1.807) is 0 Å². The number of nitrogens with zero attached hydrogens (tertiary/aromatic N) is 4. The molecule has 6 nitrogen and oxygen atoms in total. The number of hydrogen-bond donors (Lipinski definition) is 0. The normalized spacial score (nSPS) is 20.0. The Morgan fingerprint density at radius 2 is 1.96 bits per heavy atom. The zero-order chi connectivity index (χ0) is 17.9. The molecule has 0 spiro atoms. The summed E-state index contributed by atoms with van der Waals surface area (Å²) in [4.78, 5) is 17.3. The molecule has 1 saturated heterocycles. The van der Waals surface area contributed by atoms with Crippen LogP contribution in [-0.4, -0.2) is 53.4 Å². The van der Waals surface area contributed by atoms with Crippen molar-refractivity contribution in [3.8, 4) is 5.75 Å². The first kappa shape index (κ1) is 16.9. The summed E-state index contributed by atoms with van der Waals surface area (Å²) in [5.41, 5.74) is 2.31. The number of hydrogen-bond acceptors (Lipinski definition) is 4. The standard InChI is InChI=1S/C20H26N4O2/c1-2-26-19-6-4-3-5-18(19)22-11-13-23(14-12-22)20(25)16-8-10-24-17(15-16)7-9-21-24/h3-7,9,16H,2,8,10-15H2,1H3. The van der Waals surface area contributed by atoms with Crippen LogP contribution >= 0.6 is 0 Å².